The SMILES string of the molecule is CCCCc1cc2c(c(CCCC)c1)C(=O)C=C2. The molecule has 96 valence electrons. The van der Waals surface area contributed by atoms with Crippen molar-refractivity contribution in [3.63, 3.8) is 0 Å². The molecular weight excluding hydrogens is 220 g/mol. The van der Waals surface area contributed by atoms with Gasteiger partial charge >= 0.3 is 0 Å². The molecule has 1 aromatic carbocycles. The normalized spacial score (nSPS) is 13.1. The lowest BCUT2D eigenvalue weighted by Gasteiger charge is -2.11. The van der Waals surface area contributed by atoms with Crippen LogP contribution in [0.2, 0.25) is 0 Å². The molecule has 18 heavy (non-hydrogen) atoms. The lowest BCUT2D eigenvalue weighted by Crippen LogP contribution is -2.02. The molecule has 0 aliphatic heterocycles. The van der Waals surface area contributed by atoms with Crippen molar-refractivity contribution in [3.8, 4) is 0 Å². The fraction of sp³-hybridized carbons (Fsp3) is 0.471. The second-order valence-electron chi connectivity index (χ2n) is 5.12. The van der Waals surface area contributed by atoms with Crippen molar-refractivity contribution >= 4 is 11.9 Å². The quantitative estimate of drug-likeness (QED) is 0.713. The van der Waals surface area contributed by atoms with Crippen molar-refractivity contribution in [2.75, 3.05) is 0 Å². The van der Waals surface area contributed by atoms with E-state index in [0.29, 0.717) is 0 Å². The predicted molar refractivity (Wildman–Crippen MR) is 77.0 cm³/mol. The van der Waals surface area contributed by atoms with Crippen LogP contribution in [0, 0.1) is 0 Å². The molecule has 1 nitrogen and oxygen atoms in total. The fourth-order valence-electron chi connectivity index (χ4n) is 2.57. The van der Waals surface area contributed by atoms with Crippen LogP contribution in [0.4, 0.5) is 0 Å². The lowest BCUT2D eigenvalue weighted by molar-refractivity contribution is 0.104. The molecule has 0 unspecified atom stereocenters. The molecule has 0 spiro atoms. The van der Waals surface area contributed by atoms with E-state index >= 15 is 0 Å². The molecular formula is C17H22O. The van der Waals surface area contributed by atoms with E-state index in [9.17, 15) is 4.79 Å². The van der Waals surface area contributed by atoms with Crippen LogP contribution < -0.4 is 0 Å². The van der Waals surface area contributed by atoms with Gasteiger partial charge in [-0.25, -0.2) is 0 Å². The van der Waals surface area contributed by atoms with Gasteiger partial charge in [0.15, 0.2) is 5.78 Å². The topological polar surface area (TPSA) is 17.1 Å². The van der Waals surface area contributed by atoms with E-state index < -0.39 is 0 Å². The summed E-state index contributed by atoms with van der Waals surface area (Å²) in [5.41, 5.74) is 4.75. The number of hydrogen-bond acceptors (Lipinski definition) is 1. The Labute approximate surface area is 110 Å². The van der Waals surface area contributed by atoms with Gasteiger partial charge in [-0.2, -0.15) is 0 Å². The first-order chi connectivity index (χ1) is 8.76. The summed E-state index contributed by atoms with van der Waals surface area (Å²) in [6, 6.07) is 4.46. The number of carbonyl (C=O) groups excluding carboxylic acids is 1. The Morgan fingerprint density at radius 1 is 0.944 bits per heavy atom. The minimum Gasteiger partial charge on any atom is -0.289 e. The Morgan fingerprint density at radius 3 is 2.39 bits per heavy atom. The first-order valence-electron chi connectivity index (χ1n) is 7.14. The molecule has 0 N–H and O–H groups in total. The molecule has 0 bridgehead atoms. The van der Waals surface area contributed by atoms with Gasteiger partial charge in [-0.1, -0.05) is 44.9 Å². The Morgan fingerprint density at radius 2 is 1.67 bits per heavy atom. The summed E-state index contributed by atoms with van der Waals surface area (Å²) in [7, 11) is 0. The minimum absolute atomic E-state index is 0.193. The van der Waals surface area contributed by atoms with Gasteiger partial charge in [-0.15, -0.1) is 0 Å². The highest BCUT2D eigenvalue weighted by molar-refractivity contribution is 6.14. The van der Waals surface area contributed by atoms with Gasteiger partial charge in [0.25, 0.3) is 0 Å². The second kappa shape index (κ2) is 5.99. The first kappa shape index (κ1) is 13.1. The number of rotatable bonds is 6. The van der Waals surface area contributed by atoms with Gasteiger partial charge in [-0.05, 0) is 48.4 Å². The minimum atomic E-state index is 0.193. The van der Waals surface area contributed by atoms with E-state index in [0.717, 1.165) is 30.4 Å². The third-order valence-corrected chi connectivity index (χ3v) is 3.59. The number of benzene rings is 1. The lowest BCUT2D eigenvalue weighted by atomic mass is 9.93. The summed E-state index contributed by atoms with van der Waals surface area (Å²) in [4.78, 5) is 11.9. The molecule has 0 heterocycles. The van der Waals surface area contributed by atoms with E-state index in [1.807, 2.05) is 6.08 Å². The molecule has 0 fully saturated rings. The smallest absolute Gasteiger partial charge is 0.186 e. The summed E-state index contributed by atoms with van der Waals surface area (Å²) in [6.45, 7) is 4.41. The van der Waals surface area contributed by atoms with Gasteiger partial charge in [-0.3, -0.25) is 4.79 Å². The Hall–Kier alpha value is -1.37. The first-order valence-corrected chi connectivity index (χ1v) is 7.14. The van der Waals surface area contributed by atoms with Crippen molar-refractivity contribution in [3.05, 3.63) is 40.5 Å². The van der Waals surface area contributed by atoms with Crippen LogP contribution in [-0.2, 0) is 12.8 Å². The second-order valence-corrected chi connectivity index (χ2v) is 5.12. The molecule has 1 aromatic rings. The standard InChI is InChI=1S/C17H22O/c1-3-5-7-13-11-14(8-6-4-2)17-15(12-13)9-10-16(17)18/h9-12H,3-8H2,1-2H3. The van der Waals surface area contributed by atoms with Crippen LogP contribution in [0.1, 0.15) is 66.6 Å². The third-order valence-electron chi connectivity index (χ3n) is 3.59. The van der Waals surface area contributed by atoms with Gasteiger partial charge < -0.3 is 0 Å². The Balaban J connectivity index is 2.31. The van der Waals surface area contributed by atoms with Gasteiger partial charge in [0.2, 0.25) is 0 Å². The summed E-state index contributed by atoms with van der Waals surface area (Å²) in [6.07, 6.45) is 10.6. The van der Waals surface area contributed by atoms with E-state index in [1.54, 1.807) is 6.08 Å². The molecule has 0 radical (unpaired) electrons. The zero-order valence-electron chi connectivity index (χ0n) is 11.5. The summed E-state index contributed by atoms with van der Waals surface area (Å²) >= 11 is 0. The van der Waals surface area contributed by atoms with Crippen LogP contribution in [0.25, 0.3) is 6.08 Å². The Bertz CT molecular complexity index is 469. The summed E-state index contributed by atoms with van der Waals surface area (Å²) in [5.74, 6) is 0.193. The number of aryl methyl sites for hydroxylation is 2. The largest absolute Gasteiger partial charge is 0.289 e. The number of carbonyl (C=O) groups is 1. The van der Waals surface area contributed by atoms with Crippen molar-refractivity contribution < 1.29 is 4.79 Å². The fourth-order valence-corrected chi connectivity index (χ4v) is 2.57. The predicted octanol–water partition coefficient (Wildman–Crippen LogP) is 4.58. The highest BCUT2D eigenvalue weighted by Crippen LogP contribution is 2.27. The number of fused-ring (bicyclic) bond motifs is 1. The maximum absolute atomic E-state index is 11.9. The molecule has 1 aliphatic rings. The molecule has 1 aliphatic carbocycles. The number of allylic oxidation sites excluding steroid dienone is 1. The Kier molecular flexibility index (Phi) is 4.35. The van der Waals surface area contributed by atoms with Crippen LogP contribution in [0.15, 0.2) is 18.2 Å². The van der Waals surface area contributed by atoms with Gasteiger partial charge in [0.1, 0.15) is 0 Å². The van der Waals surface area contributed by atoms with Gasteiger partial charge in [0.05, 0.1) is 0 Å². The molecule has 0 atom stereocenters. The average Bonchev–Trinajstić information content (AvgIpc) is 2.75. The van der Waals surface area contributed by atoms with Crippen LogP contribution >= 0.6 is 0 Å². The molecule has 1 heteroatoms. The van der Waals surface area contributed by atoms with E-state index in [2.05, 4.69) is 26.0 Å². The molecule has 0 saturated heterocycles. The monoisotopic (exact) mass is 242 g/mol. The van der Waals surface area contributed by atoms with Crippen LogP contribution in [0.5, 0.6) is 0 Å². The zero-order chi connectivity index (χ0) is 13.0. The number of unbranched alkanes of at least 4 members (excludes halogenated alkanes) is 2. The highest BCUT2D eigenvalue weighted by Gasteiger charge is 2.18. The van der Waals surface area contributed by atoms with Gasteiger partial charge in [0, 0.05) is 5.56 Å². The van der Waals surface area contributed by atoms with Crippen molar-refractivity contribution in [1.29, 1.82) is 0 Å². The van der Waals surface area contributed by atoms with Crippen LogP contribution in [-0.4, -0.2) is 5.78 Å². The van der Waals surface area contributed by atoms with E-state index in [1.165, 1.54) is 30.4 Å². The summed E-state index contributed by atoms with van der Waals surface area (Å²) in [5, 5.41) is 0. The van der Waals surface area contributed by atoms with Crippen molar-refractivity contribution in [2.24, 2.45) is 0 Å². The number of ketones is 1. The highest BCUT2D eigenvalue weighted by atomic mass is 16.1. The zero-order valence-corrected chi connectivity index (χ0v) is 11.5. The maximum atomic E-state index is 11.9. The van der Waals surface area contributed by atoms with Crippen molar-refractivity contribution in [1.82, 2.24) is 0 Å². The summed E-state index contributed by atoms with van der Waals surface area (Å²) < 4.78 is 0. The molecule has 0 aromatic heterocycles. The number of hydrogen-bond donors (Lipinski definition) is 0. The molecule has 0 amide bonds. The average molecular weight is 242 g/mol. The van der Waals surface area contributed by atoms with Crippen LogP contribution in [0.3, 0.4) is 0 Å². The third kappa shape index (κ3) is 2.72. The van der Waals surface area contributed by atoms with E-state index in [-0.39, 0.29) is 5.78 Å². The molecule has 0 saturated carbocycles. The van der Waals surface area contributed by atoms with E-state index in [4.69, 9.17) is 0 Å². The molecule has 2 rings (SSSR count). The van der Waals surface area contributed by atoms with Crippen molar-refractivity contribution in [2.45, 2.75) is 52.4 Å². The maximum Gasteiger partial charge on any atom is 0.186 e.